The molecule has 2 N–H and O–H groups in total. The molecule has 6 heteroatoms. The van der Waals surface area contributed by atoms with Gasteiger partial charge in [0.15, 0.2) is 0 Å². The molecule has 0 heterocycles. The van der Waals surface area contributed by atoms with Gasteiger partial charge in [-0.05, 0) is 36.3 Å². The Kier molecular flexibility index (Phi) is 6.89. The molecule has 0 radical (unpaired) electrons. The Hall–Kier alpha value is -2.70. The van der Waals surface area contributed by atoms with E-state index in [1.54, 1.807) is 30.3 Å². The van der Waals surface area contributed by atoms with Gasteiger partial charge in [0, 0.05) is 18.3 Å². The molecular weight excluding hydrogens is 348 g/mol. The van der Waals surface area contributed by atoms with Crippen LogP contribution in [-0.2, 0) is 20.6 Å². The monoisotopic (exact) mass is 370 g/mol. The molecular formula is C20H22N2O3S. The fourth-order valence-corrected chi connectivity index (χ4v) is 3.38. The van der Waals surface area contributed by atoms with Crippen LogP contribution in [0.5, 0.6) is 0 Å². The van der Waals surface area contributed by atoms with Gasteiger partial charge in [0.2, 0.25) is 15.9 Å². The second kappa shape index (κ2) is 9.12. The van der Waals surface area contributed by atoms with Crippen LogP contribution in [0.2, 0.25) is 0 Å². The summed E-state index contributed by atoms with van der Waals surface area (Å²) in [6.07, 6.45) is 4.70. The van der Waals surface area contributed by atoms with Gasteiger partial charge in [0.1, 0.15) is 0 Å². The largest absolute Gasteiger partial charge is 0.323 e. The summed E-state index contributed by atoms with van der Waals surface area (Å²) in [5.74, 6) is -0.373. The molecule has 2 aromatic rings. The first kappa shape index (κ1) is 19.6. The van der Waals surface area contributed by atoms with Crippen molar-refractivity contribution in [3.8, 4) is 0 Å². The van der Waals surface area contributed by atoms with Crippen LogP contribution in [0.15, 0.2) is 67.3 Å². The van der Waals surface area contributed by atoms with Gasteiger partial charge in [0.05, 0.1) is 5.75 Å². The molecule has 0 aliphatic carbocycles. The number of carbonyl (C=O) groups is 1. The number of amides is 1. The van der Waals surface area contributed by atoms with Gasteiger partial charge in [-0.3, -0.25) is 4.79 Å². The summed E-state index contributed by atoms with van der Waals surface area (Å²) in [5.41, 5.74) is 3.31. The van der Waals surface area contributed by atoms with Gasteiger partial charge in [-0.1, -0.05) is 48.0 Å². The van der Waals surface area contributed by atoms with Crippen LogP contribution in [-0.4, -0.2) is 20.9 Å². The summed E-state index contributed by atoms with van der Waals surface area (Å²) in [7, 11) is -3.40. The maximum atomic E-state index is 12.0. The van der Waals surface area contributed by atoms with Crippen LogP contribution in [0.3, 0.4) is 0 Å². The predicted molar refractivity (Wildman–Crippen MR) is 106 cm³/mol. The third kappa shape index (κ3) is 6.66. The molecule has 0 aliphatic rings. The van der Waals surface area contributed by atoms with Gasteiger partial charge in [-0.2, -0.15) is 0 Å². The molecule has 1 amide bonds. The quantitative estimate of drug-likeness (QED) is 0.553. The minimum atomic E-state index is -3.40. The van der Waals surface area contributed by atoms with Crippen molar-refractivity contribution < 1.29 is 13.2 Å². The molecule has 0 aromatic heterocycles. The number of carbonyl (C=O) groups excluding carboxylic acids is 1. The molecule has 0 aliphatic heterocycles. The van der Waals surface area contributed by atoms with E-state index in [2.05, 4.69) is 16.6 Å². The zero-order valence-corrected chi connectivity index (χ0v) is 15.4. The summed E-state index contributed by atoms with van der Waals surface area (Å²) < 4.78 is 26.1. The van der Waals surface area contributed by atoms with Gasteiger partial charge < -0.3 is 5.32 Å². The number of aryl methyl sites for hydroxylation is 1. The lowest BCUT2D eigenvalue weighted by Crippen LogP contribution is -2.25. The molecule has 0 saturated carbocycles. The highest BCUT2D eigenvalue weighted by molar-refractivity contribution is 7.88. The van der Waals surface area contributed by atoms with Crippen molar-refractivity contribution in [3.05, 3.63) is 84.0 Å². The Labute approximate surface area is 154 Å². The summed E-state index contributed by atoms with van der Waals surface area (Å²) in [6, 6.07) is 14.5. The van der Waals surface area contributed by atoms with Crippen LogP contribution in [0.25, 0.3) is 6.08 Å². The number of hydrogen-bond donors (Lipinski definition) is 2. The number of hydrogen-bond acceptors (Lipinski definition) is 3. The smallest absolute Gasteiger partial charge is 0.248 e. The predicted octanol–water partition coefficient (Wildman–Crippen LogP) is 3.25. The van der Waals surface area contributed by atoms with Crippen molar-refractivity contribution in [2.75, 3.05) is 11.9 Å². The minimum Gasteiger partial charge on any atom is -0.323 e. The Morgan fingerprint density at radius 1 is 1.15 bits per heavy atom. The molecule has 0 bridgehead atoms. The van der Waals surface area contributed by atoms with Crippen LogP contribution in [0.1, 0.15) is 16.7 Å². The lowest BCUT2D eigenvalue weighted by atomic mass is 10.1. The molecule has 0 fully saturated rings. The standard InChI is InChI=1S/C20H22N2O3S/c1-3-13-21-26(24,25)15-18-7-10-19(11-8-18)22-20(23)12-9-17-6-4-5-16(2)14-17/h3-12,14,21H,1,13,15H2,2H3,(H,22,23). The number of rotatable bonds is 8. The lowest BCUT2D eigenvalue weighted by Gasteiger charge is -2.06. The zero-order chi connectivity index (χ0) is 19.0. The van der Waals surface area contributed by atoms with Crippen molar-refractivity contribution in [3.63, 3.8) is 0 Å². The van der Waals surface area contributed by atoms with E-state index in [1.807, 2.05) is 31.2 Å². The second-order valence-corrected chi connectivity index (χ2v) is 7.64. The van der Waals surface area contributed by atoms with E-state index in [-0.39, 0.29) is 18.2 Å². The maximum Gasteiger partial charge on any atom is 0.248 e. The highest BCUT2D eigenvalue weighted by atomic mass is 32.2. The average molecular weight is 370 g/mol. The van der Waals surface area contributed by atoms with Crippen molar-refractivity contribution in [1.82, 2.24) is 4.72 Å². The van der Waals surface area contributed by atoms with Crippen molar-refractivity contribution in [2.24, 2.45) is 0 Å². The first-order chi connectivity index (χ1) is 12.4. The lowest BCUT2D eigenvalue weighted by molar-refractivity contribution is -0.111. The van der Waals surface area contributed by atoms with E-state index in [9.17, 15) is 13.2 Å². The number of benzene rings is 2. The van der Waals surface area contributed by atoms with E-state index in [4.69, 9.17) is 0 Å². The fourth-order valence-electron chi connectivity index (χ4n) is 2.27. The Morgan fingerprint density at radius 3 is 2.54 bits per heavy atom. The van der Waals surface area contributed by atoms with Gasteiger partial charge in [0.25, 0.3) is 0 Å². The molecule has 2 aromatic carbocycles. The summed E-state index contributed by atoms with van der Waals surface area (Å²) in [4.78, 5) is 12.0. The van der Waals surface area contributed by atoms with Crippen LogP contribution in [0, 0.1) is 6.92 Å². The molecule has 0 unspecified atom stereocenters. The number of nitrogens with one attached hydrogen (secondary N) is 2. The van der Waals surface area contributed by atoms with Crippen molar-refractivity contribution in [2.45, 2.75) is 12.7 Å². The van der Waals surface area contributed by atoms with Gasteiger partial charge in [-0.15, -0.1) is 6.58 Å². The number of sulfonamides is 1. The summed E-state index contributed by atoms with van der Waals surface area (Å²) >= 11 is 0. The first-order valence-electron chi connectivity index (χ1n) is 8.11. The molecule has 26 heavy (non-hydrogen) atoms. The van der Waals surface area contributed by atoms with Gasteiger partial charge in [-0.25, -0.2) is 13.1 Å². The van der Waals surface area contributed by atoms with E-state index in [0.29, 0.717) is 11.3 Å². The second-order valence-electron chi connectivity index (χ2n) is 5.83. The van der Waals surface area contributed by atoms with Crippen LogP contribution < -0.4 is 10.0 Å². The van der Waals surface area contributed by atoms with Gasteiger partial charge >= 0.3 is 0 Å². The summed E-state index contributed by atoms with van der Waals surface area (Å²) in [6.45, 7) is 5.67. The Morgan fingerprint density at radius 2 is 1.88 bits per heavy atom. The van der Waals surface area contributed by atoms with E-state index in [1.165, 1.54) is 12.2 Å². The SMILES string of the molecule is C=CCNS(=O)(=O)Cc1ccc(NC(=O)C=Cc2cccc(C)c2)cc1. The normalized spacial score (nSPS) is 11.4. The molecule has 0 saturated heterocycles. The van der Waals surface area contributed by atoms with E-state index in [0.717, 1.165) is 11.1 Å². The third-order valence-electron chi connectivity index (χ3n) is 3.50. The van der Waals surface area contributed by atoms with E-state index >= 15 is 0 Å². The van der Waals surface area contributed by atoms with Crippen LogP contribution in [0.4, 0.5) is 5.69 Å². The summed E-state index contributed by atoms with van der Waals surface area (Å²) in [5, 5.41) is 2.75. The fraction of sp³-hybridized carbons (Fsp3) is 0.150. The van der Waals surface area contributed by atoms with Crippen molar-refractivity contribution >= 4 is 27.7 Å². The molecule has 0 atom stereocenters. The molecule has 0 spiro atoms. The first-order valence-corrected chi connectivity index (χ1v) is 9.76. The molecule has 2 rings (SSSR count). The molecule has 5 nitrogen and oxygen atoms in total. The highest BCUT2D eigenvalue weighted by Crippen LogP contribution is 2.12. The number of anilines is 1. The topological polar surface area (TPSA) is 75.3 Å². The zero-order valence-electron chi connectivity index (χ0n) is 14.6. The maximum absolute atomic E-state index is 12.0. The average Bonchev–Trinajstić information content (AvgIpc) is 2.60. The highest BCUT2D eigenvalue weighted by Gasteiger charge is 2.10. The Bertz CT molecular complexity index is 901. The molecule has 136 valence electrons. The van der Waals surface area contributed by atoms with E-state index < -0.39 is 10.0 Å². The van der Waals surface area contributed by atoms with Crippen LogP contribution >= 0.6 is 0 Å². The third-order valence-corrected chi connectivity index (χ3v) is 4.81. The minimum absolute atomic E-state index is 0.123. The van der Waals surface area contributed by atoms with Crippen molar-refractivity contribution in [1.29, 1.82) is 0 Å². The Balaban J connectivity index is 1.94.